The van der Waals surface area contributed by atoms with E-state index >= 15 is 0 Å². The summed E-state index contributed by atoms with van der Waals surface area (Å²) in [6.45, 7) is 2.00. The number of hydrogen-bond donors (Lipinski definition) is 2. The largest absolute Gasteiger partial charge is 0.481 e. The lowest BCUT2D eigenvalue weighted by molar-refractivity contribution is -0.137. The molecular weight excluding hydrogens is 264 g/mol. The minimum atomic E-state index is -0.891. The van der Waals surface area contributed by atoms with Gasteiger partial charge >= 0.3 is 5.97 Å². The molecule has 0 radical (unpaired) electrons. The molecule has 0 amide bonds. The van der Waals surface area contributed by atoms with Gasteiger partial charge in [-0.1, -0.05) is 19.4 Å². The Bertz CT molecular complexity index is 451. The van der Waals surface area contributed by atoms with Crippen LogP contribution in [0.3, 0.4) is 0 Å². The smallest absolute Gasteiger partial charge is 0.304 e. The van der Waals surface area contributed by atoms with Gasteiger partial charge in [-0.3, -0.25) is 4.79 Å². The summed E-state index contributed by atoms with van der Waals surface area (Å²) in [7, 11) is 0. The van der Waals surface area contributed by atoms with Gasteiger partial charge in [0.05, 0.1) is 6.42 Å². The van der Waals surface area contributed by atoms with Crippen molar-refractivity contribution in [1.29, 1.82) is 0 Å². The molecule has 0 spiro atoms. The molecule has 0 saturated heterocycles. The molecule has 0 unspecified atom stereocenters. The summed E-state index contributed by atoms with van der Waals surface area (Å²) in [5.41, 5.74) is 6.22. The lowest BCUT2D eigenvalue weighted by Gasteiger charge is -2.15. The fourth-order valence-corrected chi connectivity index (χ4v) is 2.31. The van der Waals surface area contributed by atoms with Gasteiger partial charge in [-0.25, -0.2) is 8.78 Å². The number of halogens is 2. The summed E-state index contributed by atoms with van der Waals surface area (Å²) in [4.78, 5) is 10.5. The third-order valence-electron chi connectivity index (χ3n) is 3.30. The van der Waals surface area contributed by atoms with Crippen molar-refractivity contribution in [2.24, 2.45) is 11.7 Å². The van der Waals surface area contributed by atoms with Gasteiger partial charge in [-0.15, -0.1) is 0 Å². The third kappa shape index (κ3) is 6.10. The fourth-order valence-electron chi connectivity index (χ4n) is 2.31. The maximum Gasteiger partial charge on any atom is 0.304 e. The van der Waals surface area contributed by atoms with E-state index in [4.69, 9.17) is 10.8 Å². The Balaban J connectivity index is 2.31. The Morgan fingerprint density at radius 3 is 2.70 bits per heavy atom. The van der Waals surface area contributed by atoms with Crippen molar-refractivity contribution in [2.75, 3.05) is 0 Å². The molecule has 112 valence electrons. The van der Waals surface area contributed by atoms with Crippen LogP contribution in [0.5, 0.6) is 0 Å². The minimum Gasteiger partial charge on any atom is -0.481 e. The number of nitrogens with two attached hydrogens (primary N) is 1. The molecule has 0 aliphatic carbocycles. The number of carboxylic acids is 1. The van der Waals surface area contributed by atoms with Crippen molar-refractivity contribution in [1.82, 2.24) is 0 Å². The number of aliphatic carboxylic acids is 1. The number of carbonyl (C=O) groups is 1. The monoisotopic (exact) mass is 285 g/mol. The zero-order chi connectivity index (χ0) is 15.1. The van der Waals surface area contributed by atoms with Gasteiger partial charge in [0.25, 0.3) is 0 Å². The van der Waals surface area contributed by atoms with Crippen LogP contribution in [0.15, 0.2) is 18.2 Å². The molecule has 3 N–H and O–H groups in total. The fraction of sp³-hybridized carbons (Fsp3) is 0.533. The van der Waals surface area contributed by atoms with Gasteiger partial charge in [0.15, 0.2) is 0 Å². The van der Waals surface area contributed by atoms with Crippen LogP contribution in [0.2, 0.25) is 0 Å². The van der Waals surface area contributed by atoms with Gasteiger partial charge in [-0.05, 0) is 36.8 Å². The van der Waals surface area contributed by atoms with E-state index in [-0.39, 0.29) is 18.4 Å². The molecule has 0 heterocycles. The molecule has 1 rings (SSSR count). The molecule has 3 nitrogen and oxygen atoms in total. The lowest BCUT2D eigenvalue weighted by atomic mass is 9.94. The molecular formula is C15H21F2NO2. The molecule has 5 heteroatoms. The Hall–Kier alpha value is -1.49. The predicted molar refractivity (Wildman–Crippen MR) is 73.3 cm³/mol. The van der Waals surface area contributed by atoms with Gasteiger partial charge in [0, 0.05) is 12.1 Å². The molecule has 0 aliphatic rings. The van der Waals surface area contributed by atoms with Crippen LogP contribution < -0.4 is 5.73 Å². The average molecular weight is 285 g/mol. The van der Waals surface area contributed by atoms with E-state index in [0.717, 1.165) is 18.9 Å². The summed E-state index contributed by atoms with van der Waals surface area (Å²) in [6.07, 6.45) is 2.76. The van der Waals surface area contributed by atoms with E-state index < -0.39 is 17.6 Å². The Morgan fingerprint density at radius 2 is 2.10 bits per heavy atom. The molecule has 0 fully saturated rings. The van der Waals surface area contributed by atoms with Gasteiger partial charge in [-0.2, -0.15) is 0 Å². The average Bonchev–Trinajstić information content (AvgIpc) is 2.30. The summed E-state index contributed by atoms with van der Waals surface area (Å²) in [5, 5.41) is 8.62. The van der Waals surface area contributed by atoms with Crippen molar-refractivity contribution in [3.63, 3.8) is 0 Å². The highest BCUT2D eigenvalue weighted by Crippen LogP contribution is 2.17. The van der Waals surface area contributed by atoms with Crippen LogP contribution in [-0.4, -0.2) is 17.1 Å². The number of carboxylic acid groups (broad SMARTS) is 1. The summed E-state index contributed by atoms with van der Waals surface area (Å²) in [6, 6.07) is 3.27. The first-order chi connectivity index (χ1) is 9.38. The Labute approximate surface area is 117 Å². The summed E-state index contributed by atoms with van der Waals surface area (Å²) >= 11 is 0. The Morgan fingerprint density at radius 1 is 1.40 bits per heavy atom. The van der Waals surface area contributed by atoms with Crippen LogP contribution in [0.25, 0.3) is 0 Å². The lowest BCUT2D eigenvalue weighted by Crippen LogP contribution is -2.26. The quantitative estimate of drug-likeness (QED) is 0.771. The summed E-state index contributed by atoms with van der Waals surface area (Å²) < 4.78 is 26.1. The zero-order valence-electron chi connectivity index (χ0n) is 11.6. The second kappa shape index (κ2) is 7.94. The van der Waals surface area contributed by atoms with E-state index in [1.165, 1.54) is 12.1 Å². The van der Waals surface area contributed by atoms with Crippen molar-refractivity contribution >= 4 is 5.97 Å². The highest BCUT2D eigenvalue weighted by Gasteiger charge is 2.13. The summed E-state index contributed by atoms with van der Waals surface area (Å²) in [5.74, 6) is -1.69. The third-order valence-corrected chi connectivity index (χ3v) is 3.30. The molecule has 1 aromatic rings. The minimum absolute atomic E-state index is 0.0308. The number of rotatable bonds is 8. The second-order valence-corrected chi connectivity index (χ2v) is 5.33. The van der Waals surface area contributed by atoms with Crippen LogP contribution in [0, 0.1) is 17.6 Å². The van der Waals surface area contributed by atoms with E-state index in [1.54, 1.807) is 0 Å². The zero-order valence-corrected chi connectivity index (χ0v) is 11.6. The highest BCUT2D eigenvalue weighted by molar-refractivity contribution is 5.67. The van der Waals surface area contributed by atoms with E-state index in [0.29, 0.717) is 18.4 Å². The van der Waals surface area contributed by atoms with Crippen molar-refractivity contribution in [3.05, 3.63) is 35.4 Å². The van der Waals surface area contributed by atoms with Crippen molar-refractivity contribution in [3.8, 4) is 0 Å². The molecule has 20 heavy (non-hydrogen) atoms. The first-order valence-corrected chi connectivity index (χ1v) is 6.79. The number of hydrogen-bond acceptors (Lipinski definition) is 2. The molecule has 1 aromatic carbocycles. The first-order valence-electron chi connectivity index (χ1n) is 6.79. The maximum absolute atomic E-state index is 13.4. The van der Waals surface area contributed by atoms with Crippen molar-refractivity contribution in [2.45, 2.75) is 45.1 Å². The number of benzene rings is 1. The van der Waals surface area contributed by atoms with E-state index in [9.17, 15) is 13.6 Å². The topological polar surface area (TPSA) is 63.3 Å². The van der Waals surface area contributed by atoms with E-state index in [2.05, 4.69) is 0 Å². The van der Waals surface area contributed by atoms with Crippen LogP contribution >= 0.6 is 0 Å². The predicted octanol–water partition coefficient (Wildman–Crippen LogP) is 3.12. The Kier molecular flexibility index (Phi) is 6.58. The number of aryl methyl sites for hydroxylation is 1. The molecule has 2 atom stereocenters. The SMILES string of the molecule is C[C@@H](CCCc1ccc(F)cc1F)C[C@H](N)CC(=O)O. The molecule has 0 aliphatic heterocycles. The van der Waals surface area contributed by atoms with E-state index in [1.807, 2.05) is 6.92 Å². The van der Waals surface area contributed by atoms with Gasteiger partial charge in [0.2, 0.25) is 0 Å². The molecule has 0 aromatic heterocycles. The van der Waals surface area contributed by atoms with Crippen LogP contribution in [-0.2, 0) is 11.2 Å². The highest BCUT2D eigenvalue weighted by atomic mass is 19.1. The second-order valence-electron chi connectivity index (χ2n) is 5.33. The van der Waals surface area contributed by atoms with Crippen molar-refractivity contribution < 1.29 is 18.7 Å². The van der Waals surface area contributed by atoms with Gasteiger partial charge in [0.1, 0.15) is 11.6 Å². The maximum atomic E-state index is 13.4. The molecule has 0 saturated carbocycles. The molecule has 0 bridgehead atoms. The van der Waals surface area contributed by atoms with Crippen LogP contribution in [0.1, 0.15) is 38.2 Å². The first kappa shape index (κ1) is 16.6. The normalized spacial score (nSPS) is 14.0. The van der Waals surface area contributed by atoms with Gasteiger partial charge < -0.3 is 10.8 Å². The van der Waals surface area contributed by atoms with Crippen LogP contribution in [0.4, 0.5) is 8.78 Å². The standard InChI is InChI=1S/C15H21F2NO2/c1-10(7-13(18)9-15(19)20)3-2-4-11-5-6-12(16)8-14(11)17/h5-6,8,10,13H,2-4,7,9,18H2,1H3,(H,19,20)/t10-,13-/m0/s1.